The third-order valence-corrected chi connectivity index (χ3v) is 4.84. The van der Waals surface area contributed by atoms with Crippen LogP contribution in [0.5, 0.6) is 5.75 Å². The highest BCUT2D eigenvalue weighted by molar-refractivity contribution is 9.10. The first-order valence-electron chi connectivity index (χ1n) is 8.89. The van der Waals surface area contributed by atoms with E-state index in [1.807, 2.05) is 0 Å². The second-order valence-corrected chi connectivity index (χ2v) is 7.27. The van der Waals surface area contributed by atoms with Gasteiger partial charge in [0, 0.05) is 23.6 Å². The van der Waals surface area contributed by atoms with E-state index in [-0.39, 0.29) is 11.4 Å². The number of aromatic hydroxyl groups is 1. The molecule has 3 rings (SSSR count). The van der Waals surface area contributed by atoms with Crippen LogP contribution in [0.2, 0.25) is 0 Å². The van der Waals surface area contributed by atoms with Gasteiger partial charge in [-0.3, -0.25) is 14.3 Å². The highest BCUT2D eigenvalue weighted by atomic mass is 79.9. The molecule has 3 aromatic rings. The summed E-state index contributed by atoms with van der Waals surface area (Å²) in [5, 5.41) is 14.0. The van der Waals surface area contributed by atoms with E-state index in [0.29, 0.717) is 23.6 Å². The highest BCUT2D eigenvalue weighted by Crippen LogP contribution is 2.21. The van der Waals surface area contributed by atoms with Crippen LogP contribution in [0, 0.1) is 0 Å². The van der Waals surface area contributed by atoms with Gasteiger partial charge in [0.2, 0.25) is 5.95 Å². The molecule has 0 unspecified atom stereocenters. The smallest absolute Gasteiger partial charge is 0.329 e. The average Bonchev–Trinajstić information content (AvgIpc) is 3.02. The second kappa shape index (κ2) is 8.42. The molecule has 148 valence electrons. The summed E-state index contributed by atoms with van der Waals surface area (Å²) in [7, 11) is 1.55. The molecule has 3 N–H and O–H groups in total. The Morgan fingerprint density at radius 1 is 1.36 bits per heavy atom. The summed E-state index contributed by atoms with van der Waals surface area (Å²) in [5.41, 5.74) is 2.94. The van der Waals surface area contributed by atoms with E-state index in [2.05, 4.69) is 43.3 Å². The van der Waals surface area contributed by atoms with Crippen LogP contribution in [0.4, 0.5) is 5.95 Å². The lowest BCUT2D eigenvalue weighted by atomic mass is 10.2. The van der Waals surface area contributed by atoms with E-state index >= 15 is 0 Å². The third kappa shape index (κ3) is 4.01. The lowest BCUT2D eigenvalue weighted by molar-refractivity contribution is 0.474. The van der Waals surface area contributed by atoms with E-state index in [1.165, 1.54) is 10.8 Å². The van der Waals surface area contributed by atoms with Crippen LogP contribution in [0.15, 0.2) is 37.4 Å². The molecule has 0 spiro atoms. The Morgan fingerprint density at radius 2 is 2.14 bits per heavy atom. The number of aryl methyl sites for hydroxylation is 2. The number of fused-ring (bicyclic) bond motifs is 1. The maximum absolute atomic E-state index is 12.4. The normalized spacial score (nSPS) is 11.5. The molecule has 2 heterocycles. The van der Waals surface area contributed by atoms with E-state index in [1.54, 1.807) is 29.8 Å². The number of hydrogen-bond donors (Lipinski definition) is 3. The van der Waals surface area contributed by atoms with Gasteiger partial charge in [0.1, 0.15) is 5.75 Å². The average molecular weight is 449 g/mol. The van der Waals surface area contributed by atoms with Gasteiger partial charge in [-0.2, -0.15) is 10.1 Å². The molecular weight excluding hydrogens is 428 g/mol. The van der Waals surface area contributed by atoms with Crippen molar-refractivity contribution in [2.24, 2.45) is 12.1 Å². The topological polar surface area (TPSA) is 117 Å². The third-order valence-electron chi connectivity index (χ3n) is 4.35. The summed E-state index contributed by atoms with van der Waals surface area (Å²) in [6, 6.07) is 5.00. The molecule has 0 saturated carbocycles. The number of halogens is 1. The molecule has 10 heteroatoms. The standard InChI is InChI=1S/C18H21BrN6O3/c1-3-4-5-8-25-14-15(24(2)18(28)22-16(14)27)21-17(25)23-20-10-11-9-12(19)6-7-13(11)26/h6-7,9-10,26H,3-5,8H2,1-2H3,(H,21,23)(H,22,27,28)/b20-10-. The Labute approximate surface area is 168 Å². The van der Waals surface area contributed by atoms with Crippen molar-refractivity contribution in [1.82, 2.24) is 19.1 Å². The van der Waals surface area contributed by atoms with Gasteiger partial charge in [0.25, 0.3) is 5.56 Å². The first kappa shape index (κ1) is 19.9. The number of hydrogen-bond acceptors (Lipinski definition) is 6. The number of nitrogens with zero attached hydrogens (tertiary/aromatic N) is 4. The van der Waals surface area contributed by atoms with Crippen molar-refractivity contribution in [3.05, 3.63) is 49.1 Å². The minimum absolute atomic E-state index is 0.0871. The SMILES string of the molecule is CCCCCn1c(N/N=C\c2cc(Br)ccc2O)nc2c1c(=O)[nH]c(=O)n2C. The van der Waals surface area contributed by atoms with Crippen LogP contribution in [0.25, 0.3) is 11.2 Å². The maximum Gasteiger partial charge on any atom is 0.329 e. The summed E-state index contributed by atoms with van der Waals surface area (Å²) in [6.45, 7) is 2.65. The largest absolute Gasteiger partial charge is 0.507 e. The molecule has 0 fully saturated rings. The number of imidazole rings is 1. The van der Waals surface area contributed by atoms with Crippen LogP contribution in [0.3, 0.4) is 0 Å². The first-order valence-corrected chi connectivity index (χ1v) is 9.68. The molecule has 0 aliphatic heterocycles. The Morgan fingerprint density at radius 3 is 2.89 bits per heavy atom. The second-order valence-electron chi connectivity index (χ2n) is 6.36. The molecule has 0 atom stereocenters. The van der Waals surface area contributed by atoms with Crippen LogP contribution in [0.1, 0.15) is 31.7 Å². The van der Waals surface area contributed by atoms with Crippen LogP contribution >= 0.6 is 15.9 Å². The minimum atomic E-state index is -0.523. The lowest BCUT2D eigenvalue weighted by Crippen LogP contribution is -2.29. The number of nitrogens with one attached hydrogen (secondary N) is 2. The van der Waals surface area contributed by atoms with Gasteiger partial charge in [-0.1, -0.05) is 35.7 Å². The number of hydrazone groups is 1. The molecule has 28 heavy (non-hydrogen) atoms. The Hall–Kier alpha value is -2.88. The predicted octanol–water partition coefficient (Wildman–Crippen LogP) is 2.53. The Balaban J connectivity index is 2.00. The molecule has 1 aromatic carbocycles. The zero-order chi connectivity index (χ0) is 20.3. The number of unbranched alkanes of at least 4 members (excludes halogenated alkanes) is 2. The van der Waals surface area contributed by atoms with Crippen molar-refractivity contribution in [2.75, 3.05) is 5.43 Å². The van der Waals surface area contributed by atoms with Gasteiger partial charge in [0.05, 0.1) is 6.21 Å². The molecule has 9 nitrogen and oxygen atoms in total. The van der Waals surface area contributed by atoms with E-state index < -0.39 is 11.2 Å². The number of phenols is 1. The van der Waals surface area contributed by atoms with Crippen LogP contribution in [-0.4, -0.2) is 30.4 Å². The summed E-state index contributed by atoms with van der Waals surface area (Å²) in [5.74, 6) is 0.438. The number of benzene rings is 1. The molecule has 0 aliphatic carbocycles. The van der Waals surface area contributed by atoms with Crippen molar-refractivity contribution in [3.8, 4) is 5.75 Å². The fourth-order valence-corrected chi connectivity index (χ4v) is 3.22. The fourth-order valence-electron chi connectivity index (χ4n) is 2.85. The van der Waals surface area contributed by atoms with E-state index in [0.717, 1.165) is 23.7 Å². The maximum atomic E-state index is 12.4. The van der Waals surface area contributed by atoms with Crippen molar-refractivity contribution in [3.63, 3.8) is 0 Å². The van der Waals surface area contributed by atoms with Gasteiger partial charge in [-0.05, 0) is 24.6 Å². The van der Waals surface area contributed by atoms with Gasteiger partial charge in [-0.25, -0.2) is 10.2 Å². The zero-order valence-electron chi connectivity index (χ0n) is 15.6. The van der Waals surface area contributed by atoms with Crippen LogP contribution < -0.4 is 16.7 Å². The highest BCUT2D eigenvalue weighted by Gasteiger charge is 2.16. The molecule has 0 amide bonds. The monoisotopic (exact) mass is 448 g/mol. The van der Waals surface area contributed by atoms with Crippen LogP contribution in [-0.2, 0) is 13.6 Å². The van der Waals surface area contributed by atoms with Gasteiger partial charge < -0.3 is 9.67 Å². The summed E-state index contributed by atoms with van der Waals surface area (Å²) >= 11 is 3.35. The van der Waals surface area contributed by atoms with Crippen molar-refractivity contribution >= 4 is 39.3 Å². The summed E-state index contributed by atoms with van der Waals surface area (Å²) in [6.07, 6.45) is 4.34. The molecule has 2 aromatic heterocycles. The Bertz CT molecular complexity index is 1140. The number of phenolic OH excluding ortho intramolecular Hbond substituents is 1. The minimum Gasteiger partial charge on any atom is -0.507 e. The van der Waals surface area contributed by atoms with Gasteiger partial charge in [-0.15, -0.1) is 0 Å². The molecular formula is C18H21BrN6O3. The number of rotatable bonds is 7. The number of aromatic amines is 1. The quantitative estimate of drug-likeness (QED) is 0.291. The molecule has 0 bridgehead atoms. The number of aromatic nitrogens is 4. The molecule has 0 aliphatic rings. The van der Waals surface area contributed by atoms with Gasteiger partial charge >= 0.3 is 5.69 Å². The predicted molar refractivity (Wildman–Crippen MR) is 112 cm³/mol. The van der Waals surface area contributed by atoms with Gasteiger partial charge in [0.15, 0.2) is 11.2 Å². The molecule has 0 saturated heterocycles. The van der Waals surface area contributed by atoms with Crippen molar-refractivity contribution < 1.29 is 5.11 Å². The number of anilines is 1. The lowest BCUT2D eigenvalue weighted by Gasteiger charge is -2.07. The Kier molecular flexibility index (Phi) is 5.98. The van der Waals surface area contributed by atoms with E-state index in [9.17, 15) is 14.7 Å². The zero-order valence-corrected chi connectivity index (χ0v) is 17.2. The van der Waals surface area contributed by atoms with Crippen molar-refractivity contribution in [2.45, 2.75) is 32.7 Å². The summed E-state index contributed by atoms with van der Waals surface area (Å²) in [4.78, 5) is 30.9. The fraction of sp³-hybridized carbons (Fsp3) is 0.333. The van der Waals surface area contributed by atoms with Crippen molar-refractivity contribution in [1.29, 1.82) is 0 Å². The van der Waals surface area contributed by atoms with E-state index in [4.69, 9.17) is 0 Å². The summed E-state index contributed by atoms with van der Waals surface area (Å²) < 4.78 is 3.82. The number of H-pyrrole nitrogens is 1. The first-order chi connectivity index (χ1) is 13.4. The molecule has 0 radical (unpaired) electrons.